The molecule has 0 atom stereocenters. The van der Waals surface area contributed by atoms with Gasteiger partial charge >= 0.3 is 6.18 Å². The Labute approximate surface area is 243 Å². The molecule has 11 heteroatoms. The Hall–Kier alpha value is -5.71. The summed E-state index contributed by atoms with van der Waals surface area (Å²) < 4.78 is 46.8. The van der Waals surface area contributed by atoms with Gasteiger partial charge in [-0.3, -0.25) is 4.79 Å². The number of primary amides is 1. The second-order valence-electron chi connectivity index (χ2n) is 9.64. The van der Waals surface area contributed by atoms with E-state index in [2.05, 4.69) is 10.3 Å². The van der Waals surface area contributed by atoms with Gasteiger partial charge < -0.3 is 20.4 Å². The lowest BCUT2D eigenvalue weighted by atomic mass is 10.1. The number of rotatable bonds is 8. The van der Waals surface area contributed by atoms with Crippen LogP contribution < -0.4 is 15.8 Å². The summed E-state index contributed by atoms with van der Waals surface area (Å²) in [5.41, 5.74) is 7.93. The number of amides is 1. The molecule has 6 rings (SSSR count). The Kier molecular flexibility index (Phi) is 7.21. The lowest BCUT2D eigenvalue weighted by Crippen LogP contribution is -2.10. The number of nitrogens with one attached hydrogen (secondary N) is 1. The number of fused-ring (bicyclic) bond motifs is 1. The Morgan fingerprint density at radius 2 is 1.51 bits per heavy atom. The van der Waals surface area contributed by atoms with Gasteiger partial charge in [-0.15, -0.1) is 0 Å². The molecule has 0 aliphatic carbocycles. The number of para-hydroxylation sites is 1. The molecule has 0 spiro atoms. The fourth-order valence-electron chi connectivity index (χ4n) is 4.42. The van der Waals surface area contributed by atoms with Gasteiger partial charge in [0.2, 0.25) is 5.91 Å². The highest BCUT2D eigenvalue weighted by atomic mass is 19.4. The minimum absolute atomic E-state index is 0.233. The second kappa shape index (κ2) is 11.3. The van der Waals surface area contributed by atoms with E-state index < -0.39 is 17.6 Å². The first kappa shape index (κ1) is 27.5. The van der Waals surface area contributed by atoms with Crippen molar-refractivity contribution in [3.63, 3.8) is 0 Å². The number of ether oxygens (including phenoxy) is 1. The van der Waals surface area contributed by atoms with E-state index >= 15 is 0 Å². The van der Waals surface area contributed by atoms with Crippen molar-refractivity contribution in [1.29, 1.82) is 0 Å². The first-order chi connectivity index (χ1) is 20.7. The highest BCUT2D eigenvalue weighted by molar-refractivity contribution is 5.93. The third-order valence-electron chi connectivity index (χ3n) is 6.62. The number of anilines is 2. The fourth-order valence-corrected chi connectivity index (χ4v) is 4.42. The molecule has 214 valence electrons. The molecule has 0 bridgehead atoms. The number of nitrogens with two attached hydrogens (primary N) is 1. The van der Waals surface area contributed by atoms with Crippen molar-refractivity contribution in [3.8, 4) is 22.9 Å². The van der Waals surface area contributed by atoms with Crippen LogP contribution in [0, 0.1) is 0 Å². The largest absolute Gasteiger partial charge is 0.457 e. The van der Waals surface area contributed by atoms with E-state index in [0.29, 0.717) is 56.7 Å². The van der Waals surface area contributed by atoms with Gasteiger partial charge in [-0.1, -0.05) is 42.5 Å². The summed E-state index contributed by atoms with van der Waals surface area (Å²) in [4.78, 5) is 25.5. The number of aromatic nitrogens is 4. The topological polar surface area (TPSA) is 108 Å². The molecule has 0 radical (unpaired) electrons. The van der Waals surface area contributed by atoms with Crippen molar-refractivity contribution in [2.24, 2.45) is 5.73 Å². The minimum Gasteiger partial charge on any atom is -0.457 e. The summed E-state index contributed by atoms with van der Waals surface area (Å²) in [7, 11) is 0. The molecule has 8 nitrogen and oxygen atoms in total. The van der Waals surface area contributed by atoms with Gasteiger partial charge in [-0.2, -0.15) is 13.2 Å². The average molecular weight is 581 g/mol. The van der Waals surface area contributed by atoms with Crippen molar-refractivity contribution >= 4 is 28.6 Å². The summed E-state index contributed by atoms with van der Waals surface area (Å²) in [5.74, 6) is 1.58. The summed E-state index contributed by atoms with van der Waals surface area (Å²) in [6, 6.07) is 28.2. The summed E-state index contributed by atoms with van der Waals surface area (Å²) in [6.45, 7) is 0.233. The maximum atomic E-state index is 13.1. The molecule has 6 aromatic rings. The molecular formula is C32H23F3N6O2. The van der Waals surface area contributed by atoms with Crippen molar-refractivity contribution in [1.82, 2.24) is 19.5 Å². The molecule has 0 fully saturated rings. The first-order valence-corrected chi connectivity index (χ1v) is 13.1. The lowest BCUT2D eigenvalue weighted by Gasteiger charge is -2.12. The molecule has 2 aromatic heterocycles. The molecule has 0 unspecified atom stereocenters. The molecular weight excluding hydrogens is 557 g/mol. The van der Waals surface area contributed by atoms with Crippen LogP contribution in [0.4, 0.5) is 24.7 Å². The van der Waals surface area contributed by atoms with E-state index in [9.17, 15) is 18.0 Å². The number of nitrogens with zero attached hydrogens (tertiary/aromatic N) is 4. The van der Waals surface area contributed by atoms with E-state index in [0.717, 1.165) is 12.1 Å². The molecule has 0 saturated carbocycles. The molecule has 0 saturated heterocycles. The zero-order valence-electron chi connectivity index (χ0n) is 22.4. The Morgan fingerprint density at radius 1 is 0.837 bits per heavy atom. The zero-order chi connectivity index (χ0) is 30.0. The van der Waals surface area contributed by atoms with Gasteiger partial charge in [0, 0.05) is 16.8 Å². The fraction of sp³-hybridized carbons (Fsp3) is 0.0625. The van der Waals surface area contributed by atoms with E-state index in [1.54, 1.807) is 35.2 Å². The number of hydrogen-bond donors (Lipinski definition) is 2. The third-order valence-corrected chi connectivity index (χ3v) is 6.62. The Bertz CT molecular complexity index is 1890. The molecule has 4 aromatic carbocycles. The minimum atomic E-state index is -4.42. The highest BCUT2D eigenvalue weighted by Gasteiger charge is 2.30. The summed E-state index contributed by atoms with van der Waals surface area (Å²) >= 11 is 0. The van der Waals surface area contributed by atoms with E-state index in [1.807, 2.05) is 54.6 Å². The number of hydrogen-bond acceptors (Lipinski definition) is 6. The molecule has 0 aliphatic rings. The number of carbonyl (C=O) groups excluding carboxylic acids is 1. The second-order valence-corrected chi connectivity index (χ2v) is 9.64. The van der Waals surface area contributed by atoms with Crippen LogP contribution in [-0.2, 0) is 12.7 Å². The van der Waals surface area contributed by atoms with Crippen LogP contribution >= 0.6 is 0 Å². The molecule has 0 aliphatic heterocycles. The lowest BCUT2D eigenvalue weighted by molar-refractivity contribution is -0.137. The van der Waals surface area contributed by atoms with Gasteiger partial charge in [0.1, 0.15) is 11.5 Å². The van der Waals surface area contributed by atoms with Crippen LogP contribution in [0.1, 0.15) is 21.5 Å². The first-order valence-electron chi connectivity index (χ1n) is 13.1. The molecule has 1 amide bonds. The van der Waals surface area contributed by atoms with Crippen LogP contribution in [0.25, 0.3) is 22.6 Å². The van der Waals surface area contributed by atoms with Gasteiger partial charge in [-0.05, 0) is 66.2 Å². The number of carbonyl (C=O) groups is 1. The van der Waals surface area contributed by atoms with Gasteiger partial charge in [0.05, 0.1) is 18.4 Å². The molecule has 43 heavy (non-hydrogen) atoms. The smallest absolute Gasteiger partial charge is 0.416 e. The van der Waals surface area contributed by atoms with Gasteiger partial charge in [-0.25, -0.2) is 15.0 Å². The predicted octanol–water partition coefficient (Wildman–Crippen LogP) is 7.20. The average Bonchev–Trinajstić information content (AvgIpc) is 3.41. The number of alkyl halides is 3. The van der Waals surface area contributed by atoms with Crippen molar-refractivity contribution < 1.29 is 22.7 Å². The maximum Gasteiger partial charge on any atom is 0.416 e. The van der Waals surface area contributed by atoms with E-state index in [1.165, 1.54) is 12.1 Å². The van der Waals surface area contributed by atoms with Gasteiger partial charge in [0.15, 0.2) is 22.8 Å². The van der Waals surface area contributed by atoms with Crippen LogP contribution in [0.5, 0.6) is 11.5 Å². The SMILES string of the molecule is NC(=O)c1ccc(-c2nc(Nc3ccc(Oc4ccccc4)cc3)c3ncn(Cc4ccc(C(F)(F)F)cc4)c3n2)cc1. The summed E-state index contributed by atoms with van der Waals surface area (Å²) in [5, 5.41) is 3.30. The van der Waals surface area contributed by atoms with Crippen molar-refractivity contribution in [3.05, 3.63) is 126 Å². The number of halogens is 3. The summed E-state index contributed by atoms with van der Waals surface area (Å²) in [6.07, 6.45) is -2.85. The van der Waals surface area contributed by atoms with E-state index in [-0.39, 0.29) is 6.54 Å². The Balaban J connectivity index is 1.35. The quantitative estimate of drug-likeness (QED) is 0.197. The van der Waals surface area contributed by atoms with Crippen LogP contribution in [0.3, 0.4) is 0 Å². The van der Waals surface area contributed by atoms with E-state index in [4.69, 9.17) is 20.4 Å². The standard InChI is InChI=1S/C32H23F3N6O2/c33-32(34,35)23-12-6-20(7-13-23)18-41-19-37-27-30(38-24-14-16-26(17-15-24)43-25-4-2-1-3-5-25)39-29(40-31(27)41)22-10-8-21(9-11-22)28(36)42/h1-17,19H,18H2,(H2,36,42)(H,38,39,40). The number of imidazole rings is 1. The molecule has 3 N–H and O–H groups in total. The third kappa shape index (κ3) is 6.15. The molecule has 2 heterocycles. The zero-order valence-corrected chi connectivity index (χ0v) is 22.4. The van der Waals surface area contributed by atoms with Crippen LogP contribution in [0.2, 0.25) is 0 Å². The highest BCUT2D eigenvalue weighted by Crippen LogP contribution is 2.31. The van der Waals surface area contributed by atoms with Crippen LogP contribution in [0.15, 0.2) is 109 Å². The van der Waals surface area contributed by atoms with Gasteiger partial charge in [0.25, 0.3) is 0 Å². The number of benzene rings is 4. The monoisotopic (exact) mass is 580 g/mol. The predicted molar refractivity (Wildman–Crippen MR) is 156 cm³/mol. The maximum absolute atomic E-state index is 13.1. The van der Waals surface area contributed by atoms with Crippen molar-refractivity contribution in [2.45, 2.75) is 12.7 Å². The Morgan fingerprint density at radius 3 is 2.16 bits per heavy atom. The van der Waals surface area contributed by atoms with Crippen molar-refractivity contribution in [2.75, 3.05) is 5.32 Å². The normalized spacial score (nSPS) is 11.4. The van der Waals surface area contributed by atoms with Crippen LogP contribution in [-0.4, -0.2) is 25.4 Å².